The molecule has 0 amide bonds. The monoisotopic (exact) mass is 352 g/mol. The maximum Gasteiger partial charge on any atom is 0.332 e. The van der Waals surface area contributed by atoms with E-state index < -0.39 is 4.92 Å². The number of aromatic nitrogens is 2. The first-order valence-electron chi connectivity index (χ1n) is 5.95. The van der Waals surface area contributed by atoms with Crippen LogP contribution in [0, 0.1) is 24.0 Å². The van der Waals surface area contributed by atoms with Gasteiger partial charge in [-0.3, -0.25) is 15.5 Å². The Morgan fingerprint density at radius 1 is 1.33 bits per heavy atom. The third kappa shape index (κ3) is 3.09. The number of nitro groups is 1. The molecule has 0 spiro atoms. The Hall–Kier alpha value is -2.26. The first kappa shape index (κ1) is 15.1. The van der Waals surface area contributed by atoms with Crippen LogP contribution in [0.3, 0.4) is 0 Å². The van der Waals surface area contributed by atoms with Crippen LogP contribution in [0.15, 0.2) is 22.7 Å². The van der Waals surface area contributed by atoms with E-state index in [-0.39, 0.29) is 23.1 Å². The van der Waals surface area contributed by atoms with Gasteiger partial charge in [0.05, 0.1) is 4.92 Å². The highest BCUT2D eigenvalue weighted by Crippen LogP contribution is 2.32. The summed E-state index contributed by atoms with van der Waals surface area (Å²) in [7, 11) is 0. The molecule has 0 aliphatic rings. The highest BCUT2D eigenvalue weighted by Gasteiger charge is 2.22. The number of nitrogen functional groups attached to an aromatic ring is 1. The van der Waals surface area contributed by atoms with E-state index in [0.29, 0.717) is 5.69 Å². The Bertz CT molecular complexity index is 706. The summed E-state index contributed by atoms with van der Waals surface area (Å²) in [6.07, 6.45) is 0. The lowest BCUT2D eigenvalue weighted by Crippen LogP contribution is -2.13. The van der Waals surface area contributed by atoms with Gasteiger partial charge in [0.15, 0.2) is 0 Å². The zero-order valence-electron chi connectivity index (χ0n) is 11.3. The number of halogens is 1. The summed E-state index contributed by atoms with van der Waals surface area (Å²) in [4.78, 5) is 18.6. The van der Waals surface area contributed by atoms with E-state index >= 15 is 0 Å². The molecule has 0 radical (unpaired) electrons. The van der Waals surface area contributed by atoms with Gasteiger partial charge in [-0.15, -0.1) is 0 Å². The Kier molecular flexibility index (Phi) is 4.34. The van der Waals surface area contributed by atoms with Gasteiger partial charge in [0, 0.05) is 10.2 Å². The Labute approximate surface area is 129 Å². The minimum atomic E-state index is -0.523. The predicted octanol–water partition coefficient (Wildman–Crippen LogP) is 2.79. The van der Waals surface area contributed by atoms with Gasteiger partial charge < -0.3 is 5.32 Å². The lowest BCUT2D eigenvalue weighted by molar-refractivity contribution is -0.385. The molecule has 1 aromatic heterocycles. The summed E-state index contributed by atoms with van der Waals surface area (Å²) < 4.78 is 0.887. The molecule has 0 aliphatic carbocycles. The van der Waals surface area contributed by atoms with Crippen molar-refractivity contribution in [1.29, 1.82) is 0 Å². The van der Waals surface area contributed by atoms with Crippen LogP contribution in [0.4, 0.5) is 23.1 Å². The Balaban J connectivity index is 2.54. The van der Waals surface area contributed by atoms with Gasteiger partial charge in [-0.25, -0.2) is 10.8 Å². The van der Waals surface area contributed by atoms with E-state index in [1.54, 1.807) is 6.07 Å². The molecule has 0 unspecified atom stereocenters. The molecule has 0 bridgehead atoms. The molecule has 2 aromatic rings. The van der Waals surface area contributed by atoms with Crippen LogP contribution >= 0.6 is 15.9 Å². The fourth-order valence-corrected chi connectivity index (χ4v) is 2.17. The second-order valence-electron chi connectivity index (χ2n) is 4.27. The van der Waals surface area contributed by atoms with E-state index in [2.05, 4.69) is 36.6 Å². The lowest BCUT2D eigenvalue weighted by atomic mass is 10.2. The number of rotatable bonds is 4. The van der Waals surface area contributed by atoms with E-state index in [4.69, 9.17) is 5.84 Å². The number of hydrogen-bond donors (Lipinski definition) is 3. The predicted molar refractivity (Wildman–Crippen MR) is 83.4 cm³/mol. The number of nitrogens with two attached hydrogens (primary N) is 1. The average molecular weight is 353 g/mol. The van der Waals surface area contributed by atoms with Crippen LogP contribution < -0.4 is 16.6 Å². The molecule has 4 N–H and O–H groups in total. The van der Waals surface area contributed by atoms with Crippen LogP contribution in [0.1, 0.15) is 11.3 Å². The Morgan fingerprint density at radius 2 is 2.05 bits per heavy atom. The van der Waals surface area contributed by atoms with E-state index in [1.807, 2.05) is 19.1 Å². The fourth-order valence-electron chi connectivity index (χ4n) is 1.81. The second-order valence-corrected chi connectivity index (χ2v) is 5.12. The molecule has 9 heteroatoms. The molecule has 110 valence electrons. The molecule has 0 saturated carbocycles. The first-order chi connectivity index (χ1) is 9.93. The maximum absolute atomic E-state index is 11.2. The van der Waals surface area contributed by atoms with Crippen molar-refractivity contribution >= 4 is 39.1 Å². The van der Waals surface area contributed by atoms with Gasteiger partial charge in [0.1, 0.15) is 5.69 Å². The molecule has 1 heterocycles. The van der Waals surface area contributed by atoms with Crippen LogP contribution in [0.5, 0.6) is 0 Å². The van der Waals surface area contributed by atoms with Crippen LogP contribution in [0.2, 0.25) is 0 Å². The summed E-state index contributed by atoms with van der Waals surface area (Å²) in [6, 6.07) is 5.51. The topological polar surface area (TPSA) is 119 Å². The van der Waals surface area contributed by atoms with Gasteiger partial charge in [-0.2, -0.15) is 4.98 Å². The maximum atomic E-state index is 11.2. The molecular weight excluding hydrogens is 340 g/mol. The van der Waals surface area contributed by atoms with E-state index in [1.165, 1.54) is 6.92 Å². The number of hydrogen-bond acceptors (Lipinski definition) is 7. The normalized spacial score (nSPS) is 10.3. The summed E-state index contributed by atoms with van der Waals surface area (Å²) in [6.45, 7) is 3.41. The third-order valence-electron chi connectivity index (χ3n) is 2.89. The van der Waals surface area contributed by atoms with Crippen molar-refractivity contribution in [3.63, 3.8) is 0 Å². The minimum absolute atomic E-state index is 0.0849. The quantitative estimate of drug-likeness (QED) is 0.439. The van der Waals surface area contributed by atoms with Gasteiger partial charge in [-0.05, 0) is 31.5 Å². The summed E-state index contributed by atoms with van der Waals surface area (Å²) in [5, 5.41) is 14.2. The highest BCUT2D eigenvalue weighted by molar-refractivity contribution is 9.10. The van der Waals surface area contributed by atoms with Crippen molar-refractivity contribution in [2.75, 3.05) is 10.7 Å². The largest absolute Gasteiger partial charge is 0.334 e. The molecule has 1 aromatic carbocycles. The van der Waals surface area contributed by atoms with Gasteiger partial charge in [0.25, 0.3) is 0 Å². The second kappa shape index (κ2) is 6.02. The van der Waals surface area contributed by atoms with Crippen molar-refractivity contribution in [2.45, 2.75) is 13.8 Å². The molecule has 0 fully saturated rings. The van der Waals surface area contributed by atoms with Crippen LogP contribution in [-0.2, 0) is 0 Å². The number of anilines is 3. The van der Waals surface area contributed by atoms with Crippen molar-refractivity contribution in [2.24, 2.45) is 5.84 Å². The van der Waals surface area contributed by atoms with Crippen molar-refractivity contribution in [3.8, 4) is 0 Å². The molecule has 0 aliphatic heterocycles. The highest BCUT2D eigenvalue weighted by atomic mass is 79.9. The molecular formula is C12H13BrN6O2. The molecule has 2 rings (SSSR count). The molecule has 0 saturated heterocycles. The molecule has 0 atom stereocenters. The van der Waals surface area contributed by atoms with Gasteiger partial charge >= 0.3 is 5.69 Å². The smallest absolute Gasteiger partial charge is 0.332 e. The molecule has 21 heavy (non-hydrogen) atoms. The third-order valence-corrected chi connectivity index (χ3v) is 3.75. The van der Waals surface area contributed by atoms with E-state index in [0.717, 1.165) is 10.0 Å². The fraction of sp³-hybridized carbons (Fsp3) is 0.167. The van der Waals surface area contributed by atoms with Crippen LogP contribution in [-0.4, -0.2) is 14.9 Å². The summed E-state index contributed by atoms with van der Waals surface area (Å²) in [5.74, 6) is 5.47. The van der Waals surface area contributed by atoms with Crippen LogP contribution in [0.25, 0.3) is 0 Å². The van der Waals surface area contributed by atoms with Crippen molar-refractivity contribution in [3.05, 3.63) is 44.0 Å². The molecule has 8 nitrogen and oxygen atoms in total. The zero-order valence-corrected chi connectivity index (χ0v) is 12.9. The SMILES string of the molecule is Cc1nc(NN)nc(Nc2cccc(Br)c2C)c1[N+](=O)[O-]. The van der Waals surface area contributed by atoms with Crippen molar-refractivity contribution in [1.82, 2.24) is 9.97 Å². The lowest BCUT2D eigenvalue weighted by Gasteiger charge is -2.12. The van der Waals surface area contributed by atoms with Crippen molar-refractivity contribution < 1.29 is 4.92 Å². The number of nitrogens with one attached hydrogen (secondary N) is 2. The average Bonchev–Trinajstić information content (AvgIpc) is 2.42. The number of aryl methyl sites for hydroxylation is 1. The number of nitrogens with zero attached hydrogens (tertiary/aromatic N) is 3. The standard InChI is InChI=1S/C12H13BrN6O2/c1-6-8(13)4-3-5-9(6)16-11-10(19(20)21)7(2)15-12(17-11)18-14/h3-5H,14H2,1-2H3,(H2,15,16,17,18). The number of benzene rings is 1. The van der Waals surface area contributed by atoms with Gasteiger partial charge in [-0.1, -0.05) is 22.0 Å². The Morgan fingerprint density at radius 3 is 2.67 bits per heavy atom. The number of hydrazine groups is 1. The first-order valence-corrected chi connectivity index (χ1v) is 6.75. The minimum Gasteiger partial charge on any atom is -0.334 e. The van der Waals surface area contributed by atoms with E-state index in [9.17, 15) is 10.1 Å². The summed E-state index contributed by atoms with van der Waals surface area (Å²) in [5.41, 5.74) is 3.94. The van der Waals surface area contributed by atoms with Gasteiger partial charge in [0.2, 0.25) is 11.8 Å². The zero-order chi connectivity index (χ0) is 15.6. The summed E-state index contributed by atoms with van der Waals surface area (Å²) >= 11 is 3.41.